The van der Waals surface area contributed by atoms with Crippen LogP contribution in [0.2, 0.25) is 0 Å². The van der Waals surface area contributed by atoms with E-state index in [2.05, 4.69) is 61.0 Å². The molecule has 0 bridgehead atoms. The van der Waals surface area contributed by atoms with Gasteiger partial charge in [0.2, 0.25) is 0 Å². The van der Waals surface area contributed by atoms with Crippen molar-refractivity contribution in [3.8, 4) is 0 Å². The van der Waals surface area contributed by atoms with E-state index in [1.807, 2.05) is 13.0 Å². The average molecular weight is 311 g/mol. The molecule has 0 saturated carbocycles. The highest BCUT2D eigenvalue weighted by atomic mass is 16.5. The van der Waals surface area contributed by atoms with Crippen molar-refractivity contribution in [2.24, 2.45) is 0 Å². The van der Waals surface area contributed by atoms with Crippen molar-refractivity contribution in [3.63, 3.8) is 0 Å². The van der Waals surface area contributed by atoms with Crippen LogP contribution >= 0.6 is 0 Å². The van der Waals surface area contributed by atoms with Crippen molar-refractivity contribution in [1.29, 1.82) is 0 Å². The Morgan fingerprint density at radius 2 is 1.91 bits per heavy atom. The monoisotopic (exact) mass is 311 g/mol. The maximum absolute atomic E-state index is 6.13. The predicted octanol–water partition coefficient (Wildman–Crippen LogP) is 3.66. The molecule has 4 nitrogen and oxygen atoms in total. The summed E-state index contributed by atoms with van der Waals surface area (Å²) in [5.74, 6) is 2.25. The minimum atomic E-state index is -0.309. The summed E-state index contributed by atoms with van der Waals surface area (Å²) >= 11 is 0. The van der Waals surface area contributed by atoms with Gasteiger partial charge in [-0.15, -0.1) is 0 Å². The molecule has 1 aliphatic rings. The first kappa shape index (κ1) is 15.9. The summed E-state index contributed by atoms with van der Waals surface area (Å²) < 4.78 is 6.13. The van der Waals surface area contributed by atoms with E-state index in [0.29, 0.717) is 12.5 Å². The van der Waals surface area contributed by atoms with E-state index in [9.17, 15) is 0 Å². The molecule has 2 aromatic rings. The Bertz CT molecular complexity index is 672. The van der Waals surface area contributed by atoms with Gasteiger partial charge in [0.1, 0.15) is 17.2 Å². The number of hydrogen-bond donors (Lipinski definition) is 0. The quantitative estimate of drug-likeness (QED) is 0.867. The van der Waals surface area contributed by atoms with Gasteiger partial charge in [-0.1, -0.05) is 44.2 Å². The number of anilines is 1. The summed E-state index contributed by atoms with van der Waals surface area (Å²) in [7, 11) is 0. The van der Waals surface area contributed by atoms with E-state index < -0.39 is 0 Å². The predicted molar refractivity (Wildman–Crippen MR) is 92.8 cm³/mol. The second-order valence-electron chi connectivity index (χ2n) is 6.75. The number of hydrogen-bond acceptors (Lipinski definition) is 4. The first-order valence-electron chi connectivity index (χ1n) is 8.28. The van der Waals surface area contributed by atoms with Gasteiger partial charge in [-0.2, -0.15) is 0 Å². The van der Waals surface area contributed by atoms with E-state index in [0.717, 1.165) is 30.4 Å². The van der Waals surface area contributed by atoms with Crippen LogP contribution in [-0.4, -0.2) is 29.7 Å². The normalized spacial score (nSPS) is 21.7. The van der Waals surface area contributed by atoms with Crippen LogP contribution in [0.25, 0.3) is 0 Å². The van der Waals surface area contributed by atoms with E-state index in [1.165, 1.54) is 5.56 Å². The lowest BCUT2D eigenvalue weighted by Gasteiger charge is -2.41. The van der Waals surface area contributed by atoms with Crippen LogP contribution in [0.1, 0.15) is 43.8 Å². The van der Waals surface area contributed by atoms with Crippen LogP contribution in [0.3, 0.4) is 0 Å². The van der Waals surface area contributed by atoms with Crippen molar-refractivity contribution in [1.82, 2.24) is 9.97 Å². The number of aryl methyl sites for hydroxylation is 1. The maximum Gasteiger partial charge on any atom is 0.133 e. The fourth-order valence-electron chi connectivity index (χ4n) is 3.03. The van der Waals surface area contributed by atoms with Crippen LogP contribution in [0.4, 0.5) is 5.82 Å². The first-order chi connectivity index (χ1) is 11.0. The number of morpholine rings is 1. The fraction of sp³-hybridized carbons (Fsp3) is 0.474. The van der Waals surface area contributed by atoms with Gasteiger partial charge in [0, 0.05) is 24.2 Å². The summed E-state index contributed by atoms with van der Waals surface area (Å²) in [5.41, 5.74) is 1.92. The van der Waals surface area contributed by atoms with Crippen LogP contribution in [0.5, 0.6) is 0 Å². The van der Waals surface area contributed by atoms with Gasteiger partial charge < -0.3 is 9.64 Å². The van der Waals surface area contributed by atoms with Crippen LogP contribution in [-0.2, 0) is 10.3 Å². The molecule has 1 aromatic carbocycles. The highest BCUT2D eigenvalue weighted by Crippen LogP contribution is 2.31. The number of aromatic nitrogens is 2. The van der Waals surface area contributed by atoms with Gasteiger partial charge in [-0.3, -0.25) is 0 Å². The summed E-state index contributed by atoms with van der Waals surface area (Å²) in [6.07, 6.45) is 0. The molecule has 0 spiro atoms. The van der Waals surface area contributed by atoms with Gasteiger partial charge in [-0.05, 0) is 19.4 Å². The molecule has 3 rings (SSSR count). The molecule has 0 aliphatic carbocycles. The molecule has 0 amide bonds. The zero-order valence-electron chi connectivity index (χ0n) is 14.4. The fourth-order valence-corrected chi connectivity index (χ4v) is 3.03. The molecule has 1 unspecified atom stereocenters. The molecular weight excluding hydrogens is 286 g/mol. The SMILES string of the molecule is Cc1cc(N2CCOC(C)(c3ccccc3)C2)nc(C(C)C)n1. The lowest BCUT2D eigenvalue weighted by Crippen LogP contribution is -2.48. The van der Waals surface area contributed by atoms with Crippen LogP contribution in [0, 0.1) is 6.92 Å². The van der Waals surface area contributed by atoms with Crippen molar-refractivity contribution < 1.29 is 4.74 Å². The smallest absolute Gasteiger partial charge is 0.133 e. The molecule has 4 heteroatoms. The zero-order chi connectivity index (χ0) is 16.4. The summed E-state index contributed by atoms with van der Waals surface area (Å²) in [6, 6.07) is 12.5. The standard InChI is InChI=1S/C19H25N3O/c1-14(2)18-20-15(3)12-17(21-18)22-10-11-23-19(4,13-22)16-8-6-5-7-9-16/h5-9,12,14H,10-11,13H2,1-4H3. The van der Waals surface area contributed by atoms with Crippen LogP contribution in [0.15, 0.2) is 36.4 Å². The third-order valence-electron chi connectivity index (χ3n) is 4.36. The molecule has 23 heavy (non-hydrogen) atoms. The third-order valence-corrected chi connectivity index (χ3v) is 4.36. The molecule has 122 valence electrons. The Labute approximate surface area is 138 Å². The van der Waals surface area contributed by atoms with E-state index in [-0.39, 0.29) is 5.60 Å². The Kier molecular flexibility index (Phi) is 4.35. The molecule has 1 fully saturated rings. The molecule has 0 N–H and O–H groups in total. The minimum Gasteiger partial charge on any atom is -0.367 e. The highest BCUT2D eigenvalue weighted by molar-refractivity contribution is 5.42. The highest BCUT2D eigenvalue weighted by Gasteiger charge is 2.34. The van der Waals surface area contributed by atoms with Crippen molar-refractivity contribution >= 4 is 5.82 Å². The second kappa shape index (κ2) is 6.28. The number of ether oxygens (including phenoxy) is 1. The Balaban J connectivity index is 1.90. The second-order valence-corrected chi connectivity index (χ2v) is 6.75. The van der Waals surface area contributed by atoms with Crippen molar-refractivity contribution in [2.75, 3.05) is 24.6 Å². The van der Waals surface area contributed by atoms with Crippen molar-refractivity contribution in [2.45, 2.75) is 39.2 Å². The van der Waals surface area contributed by atoms with E-state index >= 15 is 0 Å². The first-order valence-corrected chi connectivity index (χ1v) is 8.28. The largest absolute Gasteiger partial charge is 0.367 e. The Morgan fingerprint density at radius 3 is 2.61 bits per heavy atom. The summed E-state index contributed by atoms with van der Waals surface area (Å²) in [6.45, 7) is 10.8. The zero-order valence-corrected chi connectivity index (χ0v) is 14.4. The Hall–Kier alpha value is -1.94. The van der Waals surface area contributed by atoms with E-state index in [1.54, 1.807) is 0 Å². The van der Waals surface area contributed by atoms with Gasteiger partial charge >= 0.3 is 0 Å². The van der Waals surface area contributed by atoms with E-state index in [4.69, 9.17) is 9.72 Å². The molecule has 2 heterocycles. The molecular formula is C19H25N3O. The summed E-state index contributed by atoms with van der Waals surface area (Å²) in [4.78, 5) is 11.6. The molecule has 1 saturated heterocycles. The number of benzene rings is 1. The van der Waals surface area contributed by atoms with Crippen molar-refractivity contribution in [3.05, 3.63) is 53.5 Å². The third kappa shape index (κ3) is 3.37. The Morgan fingerprint density at radius 1 is 1.17 bits per heavy atom. The molecule has 1 aliphatic heterocycles. The lowest BCUT2D eigenvalue weighted by atomic mass is 9.94. The lowest BCUT2D eigenvalue weighted by molar-refractivity contribution is -0.0468. The van der Waals surface area contributed by atoms with Gasteiger partial charge in [0.05, 0.1) is 13.2 Å². The van der Waals surface area contributed by atoms with Gasteiger partial charge in [0.15, 0.2) is 0 Å². The molecule has 1 atom stereocenters. The number of nitrogens with zero attached hydrogens (tertiary/aromatic N) is 3. The van der Waals surface area contributed by atoms with Gasteiger partial charge in [0.25, 0.3) is 0 Å². The average Bonchev–Trinajstić information content (AvgIpc) is 2.55. The van der Waals surface area contributed by atoms with Crippen LogP contribution < -0.4 is 4.90 Å². The molecule has 0 radical (unpaired) electrons. The minimum absolute atomic E-state index is 0.309. The topological polar surface area (TPSA) is 38.2 Å². The summed E-state index contributed by atoms with van der Waals surface area (Å²) in [5, 5.41) is 0. The molecule has 1 aromatic heterocycles. The van der Waals surface area contributed by atoms with Gasteiger partial charge in [-0.25, -0.2) is 9.97 Å². The number of rotatable bonds is 3. The maximum atomic E-state index is 6.13.